The number of ether oxygens (including phenoxy) is 2. The summed E-state index contributed by atoms with van der Waals surface area (Å²) in [5.74, 6) is 1.10. The number of benzene rings is 2. The molecule has 1 unspecified atom stereocenters. The molecular weight excluding hydrogens is 466 g/mol. The quantitative estimate of drug-likeness (QED) is 0.303. The van der Waals surface area contributed by atoms with E-state index in [1.54, 1.807) is 18.5 Å². The van der Waals surface area contributed by atoms with Crippen LogP contribution in [0.25, 0.3) is 22.2 Å². The number of aromatic nitrogens is 3. The van der Waals surface area contributed by atoms with E-state index in [4.69, 9.17) is 9.47 Å². The van der Waals surface area contributed by atoms with E-state index < -0.39 is 6.09 Å². The molecule has 1 atom stereocenters. The van der Waals surface area contributed by atoms with Gasteiger partial charge in [0.1, 0.15) is 17.9 Å². The lowest BCUT2D eigenvalue weighted by atomic mass is 9.92. The highest BCUT2D eigenvalue weighted by atomic mass is 16.6. The molecule has 4 aromatic rings. The number of nitrogens with one attached hydrogen (secondary N) is 1. The molecule has 8 nitrogen and oxygen atoms in total. The van der Waals surface area contributed by atoms with E-state index in [-0.39, 0.29) is 12.1 Å². The third-order valence-corrected chi connectivity index (χ3v) is 7.26. The monoisotopic (exact) mass is 493 g/mol. The Morgan fingerprint density at radius 3 is 2.51 bits per heavy atom. The fraction of sp³-hybridized carbons (Fsp3) is 0.310. The average molecular weight is 494 g/mol. The first-order valence-electron chi connectivity index (χ1n) is 12.7. The van der Waals surface area contributed by atoms with Crippen LogP contribution in [0.3, 0.4) is 0 Å². The van der Waals surface area contributed by atoms with Crippen molar-refractivity contribution in [3.8, 4) is 29.1 Å². The summed E-state index contributed by atoms with van der Waals surface area (Å²) in [5.41, 5.74) is 4.03. The van der Waals surface area contributed by atoms with Gasteiger partial charge in [0.15, 0.2) is 0 Å². The van der Waals surface area contributed by atoms with Gasteiger partial charge in [0.05, 0.1) is 16.8 Å². The van der Waals surface area contributed by atoms with Gasteiger partial charge in [-0.05, 0) is 80.8 Å². The zero-order chi connectivity index (χ0) is 25.4. The van der Waals surface area contributed by atoms with Gasteiger partial charge in [-0.2, -0.15) is 5.26 Å². The molecule has 0 radical (unpaired) electrons. The number of nitriles is 1. The molecule has 2 aliphatic rings. The highest BCUT2D eigenvalue weighted by Crippen LogP contribution is 2.43. The number of rotatable bonds is 7. The number of anilines is 1. The second kappa shape index (κ2) is 9.58. The molecule has 1 N–H and O–H groups in total. The Kier molecular flexibility index (Phi) is 5.97. The Morgan fingerprint density at radius 2 is 1.86 bits per heavy atom. The Balaban J connectivity index is 1.33. The largest absolute Gasteiger partial charge is 0.446 e. The average Bonchev–Trinajstić information content (AvgIpc) is 3.68. The highest BCUT2D eigenvalue weighted by Gasteiger charge is 2.31. The van der Waals surface area contributed by atoms with Gasteiger partial charge in [-0.3, -0.25) is 5.32 Å². The highest BCUT2D eigenvalue weighted by molar-refractivity contribution is 5.96. The Morgan fingerprint density at radius 1 is 1.11 bits per heavy atom. The lowest BCUT2D eigenvalue weighted by Gasteiger charge is -2.30. The molecule has 6 rings (SSSR count). The van der Waals surface area contributed by atoms with Crippen molar-refractivity contribution in [2.45, 2.75) is 51.2 Å². The summed E-state index contributed by atoms with van der Waals surface area (Å²) in [6.45, 7) is 1.94. The molecule has 0 bridgehead atoms. The van der Waals surface area contributed by atoms with Crippen LogP contribution in [-0.2, 0) is 4.74 Å². The normalized spacial score (nSPS) is 16.0. The zero-order valence-electron chi connectivity index (χ0n) is 20.6. The van der Waals surface area contributed by atoms with Gasteiger partial charge in [0.25, 0.3) is 0 Å². The smallest absolute Gasteiger partial charge is 0.411 e. The minimum Gasteiger partial charge on any atom is -0.446 e. The summed E-state index contributed by atoms with van der Waals surface area (Å²) >= 11 is 0. The fourth-order valence-corrected chi connectivity index (χ4v) is 4.91. The summed E-state index contributed by atoms with van der Waals surface area (Å²) in [4.78, 5) is 20.6. The van der Waals surface area contributed by atoms with Crippen LogP contribution in [0.15, 0.2) is 60.9 Å². The summed E-state index contributed by atoms with van der Waals surface area (Å²) in [6, 6.07) is 18.1. The second-order valence-electron chi connectivity index (χ2n) is 9.75. The number of nitrogens with zero attached hydrogens (tertiary/aromatic N) is 4. The van der Waals surface area contributed by atoms with Crippen molar-refractivity contribution >= 4 is 22.7 Å². The van der Waals surface area contributed by atoms with Crippen molar-refractivity contribution < 1.29 is 14.3 Å². The molecule has 2 aromatic carbocycles. The topological polar surface area (TPSA) is 102 Å². The number of amides is 1. The molecule has 2 aromatic heterocycles. The van der Waals surface area contributed by atoms with Gasteiger partial charge in [-0.25, -0.2) is 14.8 Å². The van der Waals surface area contributed by atoms with Crippen LogP contribution < -0.4 is 10.1 Å². The molecule has 2 aliphatic carbocycles. The third kappa shape index (κ3) is 4.60. The molecule has 8 heteroatoms. The summed E-state index contributed by atoms with van der Waals surface area (Å²) in [6.07, 6.45) is 8.26. The van der Waals surface area contributed by atoms with E-state index in [1.165, 1.54) is 0 Å². The number of hydrogen-bond acceptors (Lipinski definition) is 6. The molecule has 37 heavy (non-hydrogen) atoms. The van der Waals surface area contributed by atoms with Crippen molar-refractivity contribution in [3.63, 3.8) is 0 Å². The van der Waals surface area contributed by atoms with Crippen LogP contribution in [0.4, 0.5) is 10.5 Å². The van der Waals surface area contributed by atoms with E-state index in [1.807, 2.05) is 49.4 Å². The van der Waals surface area contributed by atoms with Crippen molar-refractivity contribution in [1.29, 1.82) is 5.26 Å². The molecule has 2 saturated carbocycles. The number of carbonyl (C=O) groups is 1. The SMILES string of the molecule is CC(OC(=O)Nc1ccc(-c2c(C#N)c3ccc(Oc4ncccn4)cc3n2C2CCC2)cc1)C1CC1. The molecule has 0 spiro atoms. The van der Waals surface area contributed by atoms with Crippen LogP contribution >= 0.6 is 0 Å². The number of fused-ring (bicyclic) bond motifs is 1. The molecule has 186 valence electrons. The first-order valence-corrected chi connectivity index (χ1v) is 12.7. The van der Waals surface area contributed by atoms with Crippen LogP contribution in [0.1, 0.15) is 50.6 Å². The first kappa shape index (κ1) is 23.0. The lowest BCUT2D eigenvalue weighted by Crippen LogP contribution is -2.21. The minimum atomic E-state index is -0.441. The zero-order valence-corrected chi connectivity index (χ0v) is 20.6. The number of hydrogen-bond donors (Lipinski definition) is 1. The summed E-state index contributed by atoms with van der Waals surface area (Å²) in [5, 5.41) is 13.9. The van der Waals surface area contributed by atoms with Crippen molar-refractivity contribution in [3.05, 3.63) is 66.5 Å². The third-order valence-electron chi connectivity index (χ3n) is 7.26. The van der Waals surface area contributed by atoms with Gasteiger partial charge < -0.3 is 14.0 Å². The molecule has 0 aliphatic heterocycles. The van der Waals surface area contributed by atoms with E-state index in [9.17, 15) is 10.1 Å². The van der Waals surface area contributed by atoms with Gasteiger partial charge in [-0.15, -0.1) is 0 Å². The van der Waals surface area contributed by atoms with Gasteiger partial charge in [-0.1, -0.05) is 12.1 Å². The Labute approximate surface area is 214 Å². The summed E-state index contributed by atoms with van der Waals surface area (Å²) in [7, 11) is 0. The number of carbonyl (C=O) groups excluding carboxylic acids is 1. The van der Waals surface area contributed by atoms with Gasteiger partial charge in [0.2, 0.25) is 0 Å². The van der Waals surface area contributed by atoms with Crippen molar-refractivity contribution in [1.82, 2.24) is 14.5 Å². The van der Waals surface area contributed by atoms with Crippen LogP contribution in [0, 0.1) is 17.2 Å². The lowest BCUT2D eigenvalue weighted by molar-refractivity contribution is 0.108. The minimum absolute atomic E-state index is 0.0713. The molecular formula is C29H27N5O3. The Bertz CT molecular complexity index is 1480. The maximum absolute atomic E-state index is 12.3. The van der Waals surface area contributed by atoms with E-state index in [2.05, 4.69) is 25.9 Å². The van der Waals surface area contributed by atoms with E-state index >= 15 is 0 Å². The predicted molar refractivity (Wildman–Crippen MR) is 139 cm³/mol. The van der Waals surface area contributed by atoms with Crippen molar-refractivity contribution in [2.24, 2.45) is 5.92 Å². The first-order chi connectivity index (χ1) is 18.1. The molecule has 1 amide bonds. The van der Waals surface area contributed by atoms with E-state index in [0.29, 0.717) is 29.0 Å². The van der Waals surface area contributed by atoms with E-state index in [0.717, 1.165) is 54.3 Å². The molecule has 2 heterocycles. The van der Waals surface area contributed by atoms with Crippen LogP contribution in [-0.4, -0.2) is 26.7 Å². The van der Waals surface area contributed by atoms with Crippen LogP contribution in [0.5, 0.6) is 11.8 Å². The molecule has 0 saturated heterocycles. The summed E-state index contributed by atoms with van der Waals surface area (Å²) < 4.78 is 13.6. The predicted octanol–water partition coefficient (Wildman–Crippen LogP) is 6.83. The van der Waals surface area contributed by atoms with Crippen molar-refractivity contribution in [2.75, 3.05) is 5.32 Å². The van der Waals surface area contributed by atoms with Crippen LogP contribution in [0.2, 0.25) is 0 Å². The maximum atomic E-state index is 12.3. The fourth-order valence-electron chi connectivity index (χ4n) is 4.91. The second-order valence-corrected chi connectivity index (χ2v) is 9.75. The standard InChI is InChI=1S/C29H27N5O3/c1-18(19-6-7-19)36-29(35)33-21-10-8-20(9-11-21)27-25(17-30)24-13-12-23(37-28-31-14-3-15-32-28)16-26(24)34(27)22-4-2-5-22/h3,8-16,18-19,22H,2,4-7H2,1H3,(H,33,35). The molecule has 2 fully saturated rings. The Hall–Kier alpha value is -4.38. The maximum Gasteiger partial charge on any atom is 0.411 e. The van der Waals surface area contributed by atoms with Gasteiger partial charge in [0, 0.05) is 35.6 Å². The van der Waals surface area contributed by atoms with Gasteiger partial charge >= 0.3 is 12.1 Å².